The number of hydrogen-bond donors (Lipinski definition) is 1. The molecule has 1 N–H and O–H groups in total. The van der Waals surface area contributed by atoms with Crippen LogP contribution in [0.3, 0.4) is 0 Å². The fraction of sp³-hybridized carbons (Fsp3) is 0.462. The molecule has 1 rings (SSSR count). The molecule has 112 valence electrons. The molecule has 1 aromatic rings. The summed E-state index contributed by atoms with van der Waals surface area (Å²) >= 11 is 3.24. The summed E-state index contributed by atoms with van der Waals surface area (Å²) in [6.45, 7) is 5.73. The topological polar surface area (TPSA) is 63.2 Å². The van der Waals surface area contributed by atoms with Gasteiger partial charge in [-0.15, -0.1) is 0 Å². The zero-order valence-electron chi connectivity index (χ0n) is 11.5. The Hall–Kier alpha value is -0.590. The Morgan fingerprint density at radius 1 is 1.40 bits per heavy atom. The number of nitrogens with one attached hydrogen (secondary N) is 1. The van der Waals surface area contributed by atoms with Gasteiger partial charge in [0.15, 0.2) is 0 Å². The standard InChI is InChI=1S/C13H17BrClNO3S/c1-8(2)4-5-13(17)16-11-6-9(3)12(7-10(11)14)20(15,18)19/h6-8H,4-5H2,1-3H3,(H,16,17). The van der Waals surface area contributed by atoms with E-state index in [0.29, 0.717) is 28.1 Å². The minimum atomic E-state index is -3.79. The van der Waals surface area contributed by atoms with Crippen molar-refractivity contribution in [3.63, 3.8) is 0 Å². The molecular weight excluding hydrogens is 366 g/mol. The number of anilines is 1. The molecular formula is C13H17BrClNO3S. The number of hydrogen-bond acceptors (Lipinski definition) is 3. The Kier molecular flexibility index (Phi) is 6.04. The van der Waals surface area contributed by atoms with Gasteiger partial charge in [-0.25, -0.2) is 8.42 Å². The van der Waals surface area contributed by atoms with Crippen molar-refractivity contribution in [3.8, 4) is 0 Å². The number of carbonyl (C=O) groups excluding carboxylic acids is 1. The van der Waals surface area contributed by atoms with Crippen molar-refractivity contribution in [3.05, 3.63) is 22.2 Å². The second-order valence-electron chi connectivity index (χ2n) is 5.02. The third kappa shape index (κ3) is 5.07. The van der Waals surface area contributed by atoms with Gasteiger partial charge in [0.2, 0.25) is 5.91 Å². The van der Waals surface area contributed by atoms with Gasteiger partial charge in [-0.1, -0.05) is 13.8 Å². The molecule has 1 aromatic carbocycles. The van der Waals surface area contributed by atoms with Gasteiger partial charge >= 0.3 is 0 Å². The number of rotatable bonds is 5. The minimum Gasteiger partial charge on any atom is -0.325 e. The maximum atomic E-state index is 11.8. The van der Waals surface area contributed by atoms with Gasteiger partial charge in [0.25, 0.3) is 9.05 Å². The molecule has 0 fully saturated rings. The Labute approximate surface area is 132 Å². The fourth-order valence-corrected chi connectivity index (χ4v) is 3.45. The van der Waals surface area contributed by atoms with Gasteiger partial charge in [-0.2, -0.15) is 0 Å². The van der Waals surface area contributed by atoms with Gasteiger partial charge in [0.05, 0.1) is 10.6 Å². The van der Waals surface area contributed by atoms with Gasteiger partial charge in [0.1, 0.15) is 0 Å². The molecule has 0 saturated carbocycles. The van der Waals surface area contributed by atoms with Crippen LogP contribution in [0.25, 0.3) is 0 Å². The highest BCUT2D eigenvalue weighted by molar-refractivity contribution is 9.10. The average molecular weight is 383 g/mol. The number of aryl methyl sites for hydroxylation is 1. The van der Waals surface area contributed by atoms with E-state index >= 15 is 0 Å². The minimum absolute atomic E-state index is 0.0335. The largest absolute Gasteiger partial charge is 0.325 e. The molecule has 0 aromatic heterocycles. The molecule has 0 aliphatic rings. The SMILES string of the molecule is Cc1cc(NC(=O)CCC(C)C)c(Br)cc1S(=O)(=O)Cl. The van der Waals surface area contributed by atoms with Gasteiger partial charge in [0, 0.05) is 21.6 Å². The summed E-state index contributed by atoms with van der Waals surface area (Å²) in [5.41, 5.74) is 1.03. The second-order valence-corrected chi connectivity index (χ2v) is 8.40. The van der Waals surface area contributed by atoms with Crippen LogP contribution in [0.2, 0.25) is 0 Å². The first-order chi connectivity index (χ1) is 9.11. The first-order valence-corrected chi connectivity index (χ1v) is 9.26. The van der Waals surface area contributed by atoms with Crippen LogP contribution in [0.1, 0.15) is 32.3 Å². The van der Waals surface area contributed by atoms with Crippen molar-refractivity contribution in [1.29, 1.82) is 0 Å². The zero-order valence-corrected chi connectivity index (χ0v) is 14.7. The van der Waals surface area contributed by atoms with Crippen molar-refractivity contribution in [2.75, 3.05) is 5.32 Å². The summed E-state index contributed by atoms with van der Waals surface area (Å²) in [7, 11) is 1.55. The van der Waals surface area contributed by atoms with Crippen LogP contribution >= 0.6 is 26.6 Å². The highest BCUT2D eigenvalue weighted by Gasteiger charge is 2.17. The first kappa shape index (κ1) is 17.5. The van der Waals surface area contributed by atoms with Crippen molar-refractivity contribution < 1.29 is 13.2 Å². The third-order valence-electron chi connectivity index (χ3n) is 2.75. The highest BCUT2D eigenvalue weighted by atomic mass is 79.9. The quantitative estimate of drug-likeness (QED) is 0.781. The average Bonchev–Trinajstić information content (AvgIpc) is 2.29. The lowest BCUT2D eigenvalue weighted by atomic mass is 10.1. The van der Waals surface area contributed by atoms with Crippen LogP contribution in [0, 0.1) is 12.8 Å². The molecule has 4 nitrogen and oxygen atoms in total. The fourth-order valence-electron chi connectivity index (χ4n) is 1.65. The van der Waals surface area contributed by atoms with E-state index in [9.17, 15) is 13.2 Å². The van der Waals surface area contributed by atoms with E-state index in [4.69, 9.17) is 10.7 Å². The Bertz CT molecular complexity index is 614. The molecule has 0 unspecified atom stereocenters. The zero-order chi connectivity index (χ0) is 15.5. The molecule has 0 heterocycles. The van der Waals surface area contributed by atoms with Crippen LogP contribution in [0.15, 0.2) is 21.5 Å². The molecule has 7 heteroatoms. The van der Waals surface area contributed by atoms with Crippen LogP contribution in [0.5, 0.6) is 0 Å². The normalized spacial score (nSPS) is 11.7. The molecule has 0 radical (unpaired) electrons. The predicted octanol–water partition coefficient (Wildman–Crippen LogP) is 4.06. The molecule has 0 atom stereocenters. The van der Waals surface area contributed by atoms with E-state index in [1.54, 1.807) is 13.0 Å². The monoisotopic (exact) mass is 381 g/mol. The summed E-state index contributed by atoms with van der Waals surface area (Å²) in [6, 6.07) is 2.99. The molecule has 1 amide bonds. The molecule has 0 spiro atoms. The summed E-state index contributed by atoms with van der Waals surface area (Å²) in [4.78, 5) is 11.8. The number of halogens is 2. The second kappa shape index (κ2) is 6.91. The van der Waals surface area contributed by atoms with E-state index < -0.39 is 9.05 Å². The van der Waals surface area contributed by atoms with Crippen LogP contribution < -0.4 is 5.32 Å². The smallest absolute Gasteiger partial charge is 0.261 e. The van der Waals surface area contributed by atoms with E-state index in [1.807, 2.05) is 13.8 Å². The van der Waals surface area contributed by atoms with Crippen molar-refractivity contribution in [1.82, 2.24) is 0 Å². The van der Waals surface area contributed by atoms with Crippen LogP contribution in [-0.2, 0) is 13.8 Å². The van der Waals surface area contributed by atoms with Gasteiger partial charge in [-0.3, -0.25) is 4.79 Å². The highest BCUT2D eigenvalue weighted by Crippen LogP contribution is 2.30. The van der Waals surface area contributed by atoms with Crippen LogP contribution in [-0.4, -0.2) is 14.3 Å². The van der Waals surface area contributed by atoms with Gasteiger partial charge in [-0.05, 0) is 52.9 Å². The molecule has 0 aliphatic heterocycles. The summed E-state index contributed by atoms with van der Waals surface area (Å²) in [6.07, 6.45) is 1.23. The van der Waals surface area contributed by atoms with Crippen LogP contribution in [0.4, 0.5) is 5.69 Å². The first-order valence-electron chi connectivity index (χ1n) is 6.16. The summed E-state index contributed by atoms with van der Waals surface area (Å²) in [5.74, 6) is 0.356. The van der Waals surface area contributed by atoms with E-state index in [1.165, 1.54) is 6.07 Å². The maximum Gasteiger partial charge on any atom is 0.261 e. The lowest BCUT2D eigenvalue weighted by Gasteiger charge is -2.11. The molecule has 0 aliphatic carbocycles. The Morgan fingerprint density at radius 3 is 2.50 bits per heavy atom. The van der Waals surface area contributed by atoms with Gasteiger partial charge < -0.3 is 5.32 Å². The van der Waals surface area contributed by atoms with E-state index in [-0.39, 0.29) is 10.8 Å². The number of amides is 1. The van der Waals surface area contributed by atoms with Crippen molar-refractivity contribution >= 4 is 47.3 Å². The third-order valence-corrected chi connectivity index (χ3v) is 4.87. The summed E-state index contributed by atoms with van der Waals surface area (Å²) in [5, 5.41) is 2.76. The summed E-state index contributed by atoms with van der Waals surface area (Å²) < 4.78 is 23.2. The lowest BCUT2D eigenvalue weighted by molar-refractivity contribution is -0.116. The van der Waals surface area contributed by atoms with Crippen molar-refractivity contribution in [2.45, 2.75) is 38.5 Å². The van der Waals surface area contributed by atoms with E-state index in [2.05, 4.69) is 21.2 Å². The Balaban J connectivity index is 2.94. The molecule has 0 bridgehead atoms. The Morgan fingerprint density at radius 2 is 2.00 bits per heavy atom. The number of benzene rings is 1. The van der Waals surface area contributed by atoms with E-state index in [0.717, 1.165) is 6.42 Å². The predicted molar refractivity (Wildman–Crippen MR) is 84.6 cm³/mol. The molecule has 0 saturated heterocycles. The number of carbonyl (C=O) groups is 1. The molecule has 20 heavy (non-hydrogen) atoms. The maximum absolute atomic E-state index is 11.8. The van der Waals surface area contributed by atoms with Crippen molar-refractivity contribution in [2.24, 2.45) is 5.92 Å². The lowest BCUT2D eigenvalue weighted by Crippen LogP contribution is -2.13.